The number of carbonyl (C=O) groups excluding carboxylic acids is 1. The molecule has 23 heavy (non-hydrogen) atoms. The number of nitrogens with one attached hydrogen (secondary N) is 1. The van der Waals surface area contributed by atoms with E-state index in [0.29, 0.717) is 11.5 Å². The first kappa shape index (κ1) is 17.1. The molecule has 2 rings (SSSR count). The number of benzene rings is 2. The number of carbonyl (C=O) groups is 2. The average molecular weight is 329 g/mol. The van der Waals surface area contributed by atoms with Crippen LogP contribution in [0.15, 0.2) is 48.5 Å². The summed E-state index contributed by atoms with van der Waals surface area (Å²) < 4.78 is 0. The third-order valence-corrected chi connectivity index (χ3v) is 4.33. The molecule has 2 aromatic rings. The molecule has 0 aliphatic heterocycles. The molecule has 0 atom stereocenters. The SMILES string of the molecule is CCc1ccc(NC(=O)CSCc2cccc(C(=O)O)c2)cc1. The van der Waals surface area contributed by atoms with Gasteiger partial charge in [0.15, 0.2) is 0 Å². The first-order chi connectivity index (χ1) is 11.1. The second-order valence-corrected chi connectivity index (χ2v) is 6.08. The maximum Gasteiger partial charge on any atom is 0.335 e. The van der Waals surface area contributed by atoms with Gasteiger partial charge in [-0.2, -0.15) is 0 Å². The molecule has 120 valence electrons. The Bertz CT molecular complexity index is 683. The predicted molar refractivity (Wildman–Crippen MR) is 94.0 cm³/mol. The maximum atomic E-state index is 11.9. The molecule has 0 bridgehead atoms. The van der Waals surface area contributed by atoms with Crippen molar-refractivity contribution in [1.82, 2.24) is 0 Å². The Morgan fingerprint density at radius 3 is 2.48 bits per heavy atom. The fourth-order valence-electron chi connectivity index (χ4n) is 2.08. The fraction of sp³-hybridized carbons (Fsp3) is 0.222. The van der Waals surface area contributed by atoms with Crippen molar-refractivity contribution in [3.05, 3.63) is 65.2 Å². The largest absolute Gasteiger partial charge is 0.478 e. The van der Waals surface area contributed by atoms with Crippen LogP contribution in [0.1, 0.15) is 28.4 Å². The van der Waals surface area contributed by atoms with E-state index in [2.05, 4.69) is 12.2 Å². The van der Waals surface area contributed by atoms with Gasteiger partial charge in [0.25, 0.3) is 0 Å². The molecule has 0 saturated heterocycles. The quantitative estimate of drug-likeness (QED) is 0.810. The van der Waals surface area contributed by atoms with Gasteiger partial charge in [0.2, 0.25) is 5.91 Å². The Balaban J connectivity index is 1.80. The number of hydrogen-bond donors (Lipinski definition) is 2. The Hall–Kier alpha value is -2.27. The van der Waals surface area contributed by atoms with Crippen molar-refractivity contribution in [1.29, 1.82) is 0 Å². The Morgan fingerprint density at radius 1 is 1.09 bits per heavy atom. The molecule has 0 heterocycles. The summed E-state index contributed by atoms with van der Waals surface area (Å²) in [5.41, 5.74) is 3.19. The minimum Gasteiger partial charge on any atom is -0.478 e. The molecule has 1 amide bonds. The van der Waals surface area contributed by atoms with Crippen LogP contribution in [-0.2, 0) is 17.0 Å². The third-order valence-electron chi connectivity index (χ3n) is 3.32. The van der Waals surface area contributed by atoms with Crippen molar-refractivity contribution in [3.63, 3.8) is 0 Å². The lowest BCUT2D eigenvalue weighted by Gasteiger charge is -2.06. The summed E-state index contributed by atoms with van der Waals surface area (Å²) >= 11 is 1.46. The molecular formula is C18H19NO3S. The first-order valence-corrected chi connectivity index (χ1v) is 8.52. The van der Waals surface area contributed by atoms with Crippen LogP contribution in [0.25, 0.3) is 0 Å². The van der Waals surface area contributed by atoms with Crippen LogP contribution in [0.4, 0.5) is 5.69 Å². The minimum absolute atomic E-state index is 0.0614. The van der Waals surface area contributed by atoms with Crippen LogP contribution in [0.3, 0.4) is 0 Å². The molecule has 2 aromatic carbocycles. The smallest absolute Gasteiger partial charge is 0.335 e. The zero-order chi connectivity index (χ0) is 16.7. The van der Waals surface area contributed by atoms with Crippen LogP contribution >= 0.6 is 11.8 Å². The van der Waals surface area contributed by atoms with E-state index in [1.54, 1.807) is 18.2 Å². The molecule has 0 aromatic heterocycles. The van der Waals surface area contributed by atoms with E-state index in [1.807, 2.05) is 30.3 Å². The zero-order valence-corrected chi connectivity index (χ0v) is 13.7. The van der Waals surface area contributed by atoms with Gasteiger partial charge in [-0.15, -0.1) is 11.8 Å². The lowest BCUT2D eigenvalue weighted by molar-refractivity contribution is -0.113. The molecule has 0 fully saturated rings. The van der Waals surface area contributed by atoms with Gasteiger partial charge in [-0.25, -0.2) is 4.79 Å². The highest BCUT2D eigenvalue weighted by Crippen LogP contribution is 2.15. The van der Waals surface area contributed by atoms with E-state index in [-0.39, 0.29) is 11.5 Å². The van der Waals surface area contributed by atoms with Gasteiger partial charge in [0.05, 0.1) is 11.3 Å². The third kappa shape index (κ3) is 5.45. The van der Waals surface area contributed by atoms with Gasteiger partial charge < -0.3 is 10.4 Å². The summed E-state index contributed by atoms with van der Waals surface area (Å²) in [6, 6.07) is 14.6. The normalized spacial score (nSPS) is 10.3. The molecule has 4 nitrogen and oxygen atoms in total. The van der Waals surface area contributed by atoms with Crippen LogP contribution in [-0.4, -0.2) is 22.7 Å². The number of hydrogen-bond acceptors (Lipinski definition) is 3. The lowest BCUT2D eigenvalue weighted by atomic mass is 10.1. The highest BCUT2D eigenvalue weighted by Gasteiger charge is 2.06. The Kier molecular flexibility index (Phi) is 6.23. The monoisotopic (exact) mass is 329 g/mol. The number of aryl methyl sites for hydroxylation is 1. The molecule has 0 aliphatic carbocycles. The van der Waals surface area contributed by atoms with Gasteiger partial charge in [-0.1, -0.05) is 31.2 Å². The summed E-state index contributed by atoms with van der Waals surface area (Å²) in [5, 5.41) is 11.8. The number of thioether (sulfide) groups is 1. The number of anilines is 1. The highest BCUT2D eigenvalue weighted by molar-refractivity contribution is 7.99. The van der Waals surface area contributed by atoms with Crippen LogP contribution in [0.5, 0.6) is 0 Å². The zero-order valence-electron chi connectivity index (χ0n) is 12.9. The summed E-state index contributed by atoms with van der Waals surface area (Å²) in [7, 11) is 0. The minimum atomic E-state index is -0.940. The second-order valence-electron chi connectivity index (χ2n) is 5.10. The predicted octanol–water partition coefficient (Wildman–Crippen LogP) is 3.82. The topological polar surface area (TPSA) is 66.4 Å². The number of carboxylic acid groups (broad SMARTS) is 1. The van der Waals surface area contributed by atoms with Gasteiger partial charge >= 0.3 is 5.97 Å². The maximum absolute atomic E-state index is 11.9. The molecule has 0 radical (unpaired) electrons. The first-order valence-electron chi connectivity index (χ1n) is 7.37. The van der Waals surface area contributed by atoms with Gasteiger partial charge in [0.1, 0.15) is 0 Å². The van der Waals surface area contributed by atoms with E-state index in [0.717, 1.165) is 17.7 Å². The number of rotatable bonds is 7. The summed E-state index contributed by atoms with van der Waals surface area (Å²) in [6.07, 6.45) is 0.972. The molecule has 0 aliphatic rings. The van der Waals surface area contributed by atoms with E-state index >= 15 is 0 Å². The van der Waals surface area contributed by atoms with Crippen molar-refractivity contribution >= 4 is 29.3 Å². The van der Waals surface area contributed by atoms with Crippen molar-refractivity contribution in [2.24, 2.45) is 0 Å². The van der Waals surface area contributed by atoms with E-state index in [9.17, 15) is 9.59 Å². The molecular weight excluding hydrogens is 310 g/mol. The van der Waals surface area contributed by atoms with Gasteiger partial charge in [0, 0.05) is 11.4 Å². The fourth-order valence-corrected chi connectivity index (χ4v) is 2.85. The summed E-state index contributed by atoms with van der Waals surface area (Å²) in [6.45, 7) is 2.09. The van der Waals surface area contributed by atoms with Gasteiger partial charge in [-0.05, 0) is 41.8 Å². The number of aromatic carboxylic acids is 1. The average Bonchev–Trinajstić information content (AvgIpc) is 2.56. The summed E-state index contributed by atoms with van der Waals surface area (Å²) in [5.74, 6) is -0.0744. The van der Waals surface area contributed by atoms with Crippen molar-refractivity contribution in [2.45, 2.75) is 19.1 Å². The van der Waals surface area contributed by atoms with E-state index < -0.39 is 5.97 Å². The van der Waals surface area contributed by atoms with E-state index in [1.165, 1.54) is 17.3 Å². The van der Waals surface area contributed by atoms with Crippen molar-refractivity contribution < 1.29 is 14.7 Å². The standard InChI is InChI=1S/C18H19NO3S/c1-2-13-6-8-16(9-7-13)19-17(20)12-23-11-14-4-3-5-15(10-14)18(21)22/h3-10H,2,11-12H2,1H3,(H,19,20)(H,21,22). The molecule has 2 N–H and O–H groups in total. The molecule has 5 heteroatoms. The lowest BCUT2D eigenvalue weighted by Crippen LogP contribution is -2.14. The van der Waals surface area contributed by atoms with E-state index in [4.69, 9.17) is 5.11 Å². The number of amides is 1. The molecule has 0 spiro atoms. The summed E-state index contributed by atoms with van der Waals surface area (Å²) in [4.78, 5) is 22.8. The highest BCUT2D eigenvalue weighted by atomic mass is 32.2. The second kappa shape index (κ2) is 8.39. The molecule has 0 unspecified atom stereocenters. The van der Waals surface area contributed by atoms with Crippen LogP contribution in [0.2, 0.25) is 0 Å². The van der Waals surface area contributed by atoms with Crippen molar-refractivity contribution in [3.8, 4) is 0 Å². The van der Waals surface area contributed by atoms with Crippen LogP contribution in [0, 0.1) is 0 Å². The number of carboxylic acids is 1. The molecule has 0 saturated carbocycles. The Morgan fingerprint density at radius 2 is 1.83 bits per heavy atom. The van der Waals surface area contributed by atoms with Crippen LogP contribution < -0.4 is 5.32 Å². The Labute approximate surface area is 139 Å². The van der Waals surface area contributed by atoms with Crippen molar-refractivity contribution in [2.75, 3.05) is 11.1 Å². The van der Waals surface area contributed by atoms with Gasteiger partial charge in [-0.3, -0.25) is 4.79 Å².